The number of halogens is 5. The second-order valence-electron chi connectivity index (χ2n) is 7.49. The molecule has 0 N–H and O–H groups in total. The maximum absolute atomic E-state index is 13.8. The number of carbonyl (C=O) groups is 1. The number of ether oxygens (including phenoxy) is 2. The van der Waals surface area contributed by atoms with Gasteiger partial charge in [0.25, 0.3) is 0 Å². The van der Waals surface area contributed by atoms with Gasteiger partial charge in [-0.3, -0.25) is 0 Å². The van der Waals surface area contributed by atoms with Crippen molar-refractivity contribution < 1.29 is 40.6 Å². The molecule has 1 aromatic heterocycles. The van der Waals surface area contributed by atoms with Crippen molar-refractivity contribution in [1.82, 2.24) is 0 Å². The normalized spacial score (nSPS) is 12.0. The fourth-order valence-electron chi connectivity index (χ4n) is 3.44. The molecule has 0 radical (unpaired) electrons. The minimum absolute atomic E-state index is 0.0358. The first-order valence-corrected chi connectivity index (χ1v) is 10.1. The molecule has 0 saturated carbocycles. The molecule has 3 aromatic carbocycles. The van der Waals surface area contributed by atoms with Crippen LogP contribution in [0.2, 0.25) is 0 Å². The molecule has 0 amide bonds. The standard InChI is InChI=1S/C25H15F5O5/c1-11-15-10-14(8-9-16(15)35-25(32)17(11)13-6-4-3-5-7-13)34-24(31)12(2)33-23-21(29)19(27)18(26)20(28)22(23)30/h3-10,12H,1-2H3. The van der Waals surface area contributed by atoms with Crippen LogP contribution in [-0.4, -0.2) is 12.1 Å². The third kappa shape index (κ3) is 4.34. The van der Waals surface area contributed by atoms with Gasteiger partial charge in [-0.05, 0) is 43.2 Å². The van der Waals surface area contributed by atoms with E-state index in [4.69, 9.17) is 13.9 Å². The average Bonchev–Trinajstić information content (AvgIpc) is 2.85. The molecule has 4 aromatic rings. The lowest BCUT2D eigenvalue weighted by Gasteiger charge is -2.16. The molecule has 1 unspecified atom stereocenters. The summed E-state index contributed by atoms with van der Waals surface area (Å²) >= 11 is 0. The van der Waals surface area contributed by atoms with Gasteiger partial charge in [-0.15, -0.1) is 0 Å². The van der Waals surface area contributed by atoms with E-state index >= 15 is 0 Å². The summed E-state index contributed by atoms with van der Waals surface area (Å²) in [7, 11) is 0. The lowest BCUT2D eigenvalue weighted by atomic mass is 9.99. The highest BCUT2D eigenvalue weighted by Crippen LogP contribution is 2.31. The summed E-state index contributed by atoms with van der Waals surface area (Å²) in [5.74, 6) is -14.0. The van der Waals surface area contributed by atoms with E-state index in [1.54, 1.807) is 37.3 Å². The molecule has 35 heavy (non-hydrogen) atoms. The van der Waals surface area contributed by atoms with Crippen molar-refractivity contribution >= 4 is 16.9 Å². The van der Waals surface area contributed by atoms with Gasteiger partial charge < -0.3 is 13.9 Å². The van der Waals surface area contributed by atoms with Gasteiger partial charge in [-0.2, -0.15) is 8.78 Å². The third-order valence-electron chi connectivity index (χ3n) is 5.21. The number of carbonyl (C=O) groups excluding carboxylic acids is 1. The van der Waals surface area contributed by atoms with E-state index in [-0.39, 0.29) is 11.3 Å². The fourth-order valence-corrected chi connectivity index (χ4v) is 3.44. The molecule has 0 aliphatic carbocycles. The van der Waals surface area contributed by atoms with Crippen molar-refractivity contribution in [2.45, 2.75) is 20.0 Å². The first-order chi connectivity index (χ1) is 16.6. The summed E-state index contributed by atoms with van der Waals surface area (Å²) < 4.78 is 82.9. The van der Waals surface area contributed by atoms with Crippen LogP contribution in [0.4, 0.5) is 22.0 Å². The molecule has 1 heterocycles. The Labute approximate surface area is 194 Å². The fraction of sp³-hybridized carbons (Fsp3) is 0.120. The second kappa shape index (κ2) is 9.21. The number of rotatable bonds is 5. The van der Waals surface area contributed by atoms with E-state index in [9.17, 15) is 31.5 Å². The Balaban J connectivity index is 1.63. The third-order valence-corrected chi connectivity index (χ3v) is 5.21. The Morgan fingerprint density at radius 3 is 2.11 bits per heavy atom. The molecule has 5 nitrogen and oxygen atoms in total. The van der Waals surface area contributed by atoms with Crippen molar-refractivity contribution in [2.75, 3.05) is 0 Å². The number of aryl methyl sites for hydroxylation is 1. The predicted octanol–water partition coefficient (Wildman–Crippen LogP) is 5.84. The van der Waals surface area contributed by atoms with Crippen molar-refractivity contribution in [1.29, 1.82) is 0 Å². The lowest BCUT2D eigenvalue weighted by molar-refractivity contribution is -0.141. The zero-order valence-electron chi connectivity index (χ0n) is 18.1. The quantitative estimate of drug-likeness (QED) is 0.0879. The number of esters is 1. The van der Waals surface area contributed by atoms with E-state index in [0.717, 1.165) is 6.92 Å². The van der Waals surface area contributed by atoms with Gasteiger partial charge in [0.15, 0.2) is 11.9 Å². The molecule has 0 aliphatic rings. The van der Waals surface area contributed by atoms with Crippen molar-refractivity contribution in [2.24, 2.45) is 0 Å². The van der Waals surface area contributed by atoms with E-state index in [1.165, 1.54) is 18.2 Å². The molecule has 0 saturated heterocycles. The Kier molecular flexibility index (Phi) is 6.29. The molecule has 180 valence electrons. The number of hydrogen-bond acceptors (Lipinski definition) is 5. The number of hydrogen-bond donors (Lipinski definition) is 0. The molecule has 0 spiro atoms. The van der Waals surface area contributed by atoms with Crippen LogP contribution in [0.5, 0.6) is 11.5 Å². The number of benzene rings is 3. The molecule has 0 aliphatic heterocycles. The summed E-state index contributed by atoms with van der Waals surface area (Å²) in [6.45, 7) is 2.70. The molecule has 4 rings (SSSR count). The van der Waals surface area contributed by atoms with Gasteiger partial charge in [0, 0.05) is 5.39 Å². The van der Waals surface area contributed by atoms with Gasteiger partial charge in [0.05, 0.1) is 5.56 Å². The molecule has 1 atom stereocenters. The summed E-state index contributed by atoms with van der Waals surface area (Å²) in [6.07, 6.45) is -1.74. The summed E-state index contributed by atoms with van der Waals surface area (Å²) in [4.78, 5) is 24.9. The van der Waals surface area contributed by atoms with Crippen LogP contribution in [0.25, 0.3) is 22.1 Å². The predicted molar refractivity (Wildman–Crippen MR) is 115 cm³/mol. The maximum atomic E-state index is 13.8. The smallest absolute Gasteiger partial charge is 0.352 e. The van der Waals surface area contributed by atoms with E-state index in [0.29, 0.717) is 22.1 Å². The molecule has 10 heteroatoms. The van der Waals surface area contributed by atoms with Crippen LogP contribution in [-0.2, 0) is 4.79 Å². The first-order valence-electron chi connectivity index (χ1n) is 10.1. The van der Waals surface area contributed by atoms with Crippen molar-refractivity contribution in [3.05, 3.63) is 93.6 Å². The highest BCUT2D eigenvalue weighted by Gasteiger charge is 2.30. The van der Waals surface area contributed by atoms with E-state index < -0.39 is 52.5 Å². The van der Waals surface area contributed by atoms with Gasteiger partial charge >= 0.3 is 11.6 Å². The number of fused-ring (bicyclic) bond motifs is 1. The SMILES string of the molecule is Cc1c(-c2ccccc2)c(=O)oc2ccc(OC(=O)C(C)Oc3c(F)c(F)c(F)c(F)c3F)cc12. The Bertz CT molecular complexity index is 1490. The monoisotopic (exact) mass is 490 g/mol. The Morgan fingerprint density at radius 2 is 1.49 bits per heavy atom. The highest BCUT2D eigenvalue weighted by molar-refractivity contribution is 5.88. The van der Waals surface area contributed by atoms with Crippen LogP contribution in [0.1, 0.15) is 12.5 Å². The van der Waals surface area contributed by atoms with Gasteiger partial charge in [0.2, 0.25) is 29.1 Å². The minimum atomic E-state index is -2.35. The second-order valence-corrected chi connectivity index (χ2v) is 7.49. The average molecular weight is 490 g/mol. The van der Waals surface area contributed by atoms with Crippen LogP contribution in [0, 0.1) is 36.0 Å². The Morgan fingerprint density at radius 1 is 0.886 bits per heavy atom. The molecular weight excluding hydrogens is 475 g/mol. The summed E-state index contributed by atoms with van der Waals surface area (Å²) in [5.41, 5.74) is 1.14. The van der Waals surface area contributed by atoms with Crippen LogP contribution < -0.4 is 15.1 Å². The zero-order valence-corrected chi connectivity index (χ0v) is 18.1. The van der Waals surface area contributed by atoms with Crippen LogP contribution >= 0.6 is 0 Å². The first kappa shape index (κ1) is 23.9. The van der Waals surface area contributed by atoms with Crippen LogP contribution in [0.3, 0.4) is 0 Å². The maximum Gasteiger partial charge on any atom is 0.352 e. The molecular formula is C25H15F5O5. The lowest BCUT2D eigenvalue weighted by Crippen LogP contribution is -2.29. The van der Waals surface area contributed by atoms with Gasteiger partial charge in [0.1, 0.15) is 11.3 Å². The summed E-state index contributed by atoms with van der Waals surface area (Å²) in [5, 5.41) is 0.446. The van der Waals surface area contributed by atoms with E-state index in [2.05, 4.69) is 0 Å². The minimum Gasteiger partial charge on any atom is -0.473 e. The largest absolute Gasteiger partial charge is 0.473 e. The topological polar surface area (TPSA) is 65.7 Å². The van der Waals surface area contributed by atoms with Crippen LogP contribution in [0.15, 0.2) is 57.7 Å². The Hall–Kier alpha value is -4.21. The molecule has 0 fully saturated rings. The van der Waals surface area contributed by atoms with Crippen molar-refractivity contribution in [3.63, 3.8) is 0 Å². The van der Waals surface area contributed by atoms with E-state index in [1.807, 2.05) is 0 Å². The zero-order chi connectivity index (χ0) is 25.4. The highest BCUT2D eigenvalue weighted by atomic mass is 19.2. The summed E-state index contributed by atoms with van der Waals surface area (Å²) in [6, 6.07) is 12.8. The molecule has 0 bridgehead atoms. The van der Waals surface area contributed by atoms with Gasteiger partial charge in [-0.25, -0.2) is 22.8 Å². The van der Waals surface area contributed by atoms with Gasteiger partial charge in [-0.1, -0.05) is 30.3 Å². The van der Waals surface area contributed by atoms with Crippen molar-refractivity contribution in [3.8, 4) is 22.6 Å².